The van der Waals surface area contributed by atoms with Crippen LogP contribution in [0.4, 0.5) is 0 Å². The normalized spacial score (nSPS) is 14.4. The minimum atomic E-state index is -0.261. The maximum atomic E-state index is 5.81. The van der Waals surface area contributed by atoms with Gasteiger partial charge in [0.05, 0.1) is 5.41 Å². The van der Waals surface area contributed by atoms with Crippen LogP contribution >= 0.6 is 15.9 Å². The number of rotatable bonds is 4. The molecule has 4 nitrogen and oxygen atoms in total. The van der Waals surface area contributed by atoms with E-state index in [-0.39, 0.29) is 5.41 Å². The van der Waals surface area contributed by atoms with Gasteiger partial charge in [0.25, 0.3) is 0 Å². The number of aromatic nitrogens is 2. The molecule has 0 amide bonds. The van der Waals surface area contributed by atoms with Crippen LogP contribution in [0.15, 0.2) is 27.2 Å². The molecule has 102 valence electrons. The van der Waals surface area contributed by atoms with Gasteiger partial charge in [0.2, 0.25) is 11.7 Å². The average Bonchev–Trinajstić information content (AvgIpc) is 2.88. The summed E-state index contributed by atoms with van der Waals surface area (Å²) in [4.78, 5) is 4.50. The second kappa shape index (κ2) is 5.43. The molecule has 1 heterocycles. The Hall–Kier alpha value is -1.20. The van der Waals surface area contributed by atoms with Crippen molar-refractivity contribution in [3.05, 3.63) is 34.1 Å². The highest BCUT2D eigenvalue weighted by molar-refractivity contribution is 9.10. The molecule has 2 aromatic rings. The fourth-order valence-electron chi connectivity index (χ4n) is 1.76. The zero-order valence-corrected chi connectivity index (χ0v) is 13.0. The summed E-state index contributed by atoms with van der Waals surface area (Å²) in [6.07, 6.45) is 0.861. The van der Waals surface area contributed by atoms with E-state index in [4.69, 9.17) is 10.3 Å². The zero-order chi connectivity index (χ0) is 14.0. The number of halogens is 1. The molecule has 19 heavy (non-hydrogen) atoms. The van der Waals surface area contributed by atoms with Crippen LogP contribution in [-0.4, -0.2) is 16.7 Å². The van der Waals surface area contributed by atoms with E-state index in [0.717, 1.165) is 16.5 Å². The summed E-state index contributed by atoms with van der Waals surface area (Å²) in [5, 5.41) is 4.07. The first-order valence-electron chi connectivity index (χ1n) is 6.31. The van der Waals surface area contributed by atoms with Gasteiger partial charge in [0.15, 0.2) is 0 Å². The lowest BCUT2D eigenvalue weighted by Gasteiger charge is -2.20. The van der Waals surface area contributed by atoms with Gasteiger partial charge in [0, 0.05) is 16.6 Å². The molecule has 0 saturated carbocycles. The summed E-state index contributed by atoms with van der Waals surface area (Å²) in [7, 11) is 0. The lowest BCUT2D eigenvalue weighted by Crippen LogP contribution is -2.31. The second-order valence-corrected chi connectivity index (χ2v) is 5.88. The van der Waals surface area contributed by atoms with Crippen LogP contribution in [0.25, 0.3) is 11.4 Å². The number of benzene rings is 1. The van der Waals surface area contributed by atoms with Crippen molar-refractivity contribution in [1.82, 2.24) is 10.1 Å². The van der Waals surface area contributed by atoms with Crippen LogP contribution in [0.2, 0.25) is 0 Å². The molecule has 2 rings (SSSR count). The Morgan fingerprint density at radius 1 is 1.42 bits per heavy atom. The predicted octanol–water partition coefficient (Wildman–Crippen LogP) is 3.43. The smallest absolute Gasteiger partial charge is 0.234 e. The third kappa shape index (κ3) is 2.72. The molecule has 0 aliphatic carbocycles. The van der Waals surface area contributed by atoms with Crippen molar-refractivity contribution in [2.24, 2.45) is 5.73 Å². The predicted molar refractivity (Wildman–Crippen MR) is 78.9 cm³/mol. The lowest BCUT2D eigenvalue weighted by atomic mass is 9.88. The van der Waals surface area contributed by atoms with Crippen LogP contribution in [0, 0.1) is 6.92 Å². The van der Waals surface area contributed by atoms with Crippen LogP contribution < -0.4 is 5.73 Å². The number of aryl methyl sites for hydroxylation is 1. The monoisotopic (exact) mass is 323 g/mol. The van der Waals surface area contributed by atoms with E-state index in [1.165, 1.54) is 5.56 Å². The number of nitrogens with two attached hydrogens (primary N) is 1. The molecule has 1 aromatic heterocycles. The summed E-state index contributed by atoms with van der Waals surface area (Å²) >= 11 is 3.53. The average molecular weight is 324 g/mol. The maximum absolute atomic E-state index is 5.81. The topological polar surface area (TPSA) is 64.9 Å². The molecule has 0 aliphatic rings. The minimum Gasteiger partial charge on any atom is -0.338 e. The van der Waals surface area contributed by atoms with Gasteiger partial charge in [-0.1, -0.05) is 34.1 Å². The van der Waals surface area contributed by atoms with Gasteiger partial charge < -0.3 is 10.3 Å². The molecule has 0 spiro atoms. The van der Waals surface area contributed by atoms with E-state index in [9.17, 15) is 0 Å². The molecule has 2 N–H and O–H groups in total. The Kier molecular flexibility index (Phi) is 4.06. The molecule has 0 radical (unpaired) electrons. The Morgan fingerprint density at radius 3 is 2.74 bits per heavy atom. The van der Waals surface area contributed by atoms with Crippen molar-refractivity contribution in [2.75, 3.05) is 6.54 Å². The molecule has 0 aliphatic heterocycles. The molecular formula is C14H18BrN3O. The number of hydrogen-bond donors (Lipinski definition) is 1. The highest BCUT2D eigenvalue weighted by Crippen LogP contribution is 2.30. The molecule has 1 aromatic carbocycles. The first kappa shape index (κ1) is 14.2. The summed E-state index contributed by atoms with van der Waals surface area (Å²) < 4.78 is 6.35. The Morgan fingerprint density at radius 2 is 2.16 bits per heavy atom. The van der Waals surface area contributed by atoms with Crippen molar-refractivity contribution in [3.63, 3.8) is 0 Å². The SMILES string of the molecule is CCC(C)(CN)c1nc(-c2ccc(C)cc2Br)no1. The Balaban J connectivity index is 2.41. The van der Waals surface area contributed by atoms with Crippen molar-refractivity contribution >= 4 is 15.9 Å². The van der Waals surface area contributed by atoms with Crippen molar-refractivity contribution in [3.8, 4) is 11.4 Å². The van der Waals surface area contributed by atoms with E-state index in [1.54, 1.807) is 0 Å². The first-order valence-corrected chi connectivity index (χ1v) is 7.10. The zero-order valence-electron chi connectivity index (χ0n) is 11.4. The first-order chi connectivity index (χ1) is 9.00. The van der Waals surface area contributed by atoms with E-state index >= 15 is 0 Å². The summed E-state index contributed by atoms with van der Waals surface area (Å²) in [5.74, 6) is 1.19. The molecule has 5 heteroatoms. The van der Waals surface area contributed by atoms with Gasteiger partial charge in [-0.15, -0.1) is 0 Å². The third-order valence-electron chi connectivity index (χ3n) is 3.54. The van der Waals surface area contributed by atoms with Gasteiger partial charge >= 0.3 is 0 Å². The fraction of sp³-hybridized carbons (Fsp3) is 0.429. The lowest BCUT2D eigenvalue weighted by molar-refractivity contribution is 0.291. The summed E-state index contributed by atoms with van der Waals surface area (Å²) in [6, 6.07) is 6.05. The van der Waals surface area contributed by atoms with E-state index < -0.39 is 0 Å². The summed E-state index contributed by atoms with van der Waals surface area (Å²) in [5.41, 5.74) is 7.66. The van der Waals surface area contributed by atoms with Crippen molar-refractivity contribution < 1.29 is 4.52 Å². The Bertz CT molecular complexity index is 576. The minimum absolute atomic E-state index is 0.261. The molecule has 1 atom stereocenters. The number of nitrogens with zero attached hydrogens (tertiary/aromatic N) is 2. The van der Waals surface area contributed by atoms with Gasteiger partial charge in [-0.3, -0.25) is 0 Å². The van der Waals surface area contributed by atoms with Gasteiger partial charge in [-0.25, -0.2) is 0 Å². The van der Waals surface area contributed by atoms with Gasteiger partial charge in [0.1, 0.15) is 0 Å². The van der Waals surface area contributed by atoms with Crippen LogP contribution in [-0.2, 0) is 5.41 Å². The van der Waals surface area contributed by atoms with E-state index in [2.05, 4.69) is 33.0 Å². The molecule has 0 saturated heterocycles. The maximum Gasteiger partial charge on any atom is 0.234 e. The van der Waals surface area contributed by atoms with Crippen molar-refractivity contribution in [1.29, 1.82) is 0 Å². The van der Waals surface area contributed by atoms with E-state index in [1.807, 2.05) is 32.0 Å². The highest BCUT2D eigenvalue weighted by Gasteiger charge is 2.30. The molecule has 0 bridgehead atoms. The van der Waals surface area contributed by atoms with Gasteiger partial charge in [-0.05, 0) is 38.0 Å². The van der Waals surface area contributed by atoms with Gasteiger partial charge in [-0.2, -0.15) is 4.98 Å². The molecule has 0 fully saturated rings. The highest BCUT2D eigenvalue weighted by atomic mass is 79.9. The fourth-order valence-corrected chi connectivity index (χ4v) is 2.43. The van der Waals surface area contributed by atoms with Crippen LogP contribution in [0.1, 0.15) is 31.7 Å². The largest absolute Gasteiger partial charge is 0.338 e. The summed E-state index contributed by atoms with van der Waals surface area (Å²) in [6.45, 7) is 6.63. The third-order valence-corrected chi connectivity index (χ3v) is 4.19. The standard InChI is InChI=1S/C14H18BrN3O/c1-4-14(3,8-16)13-17-12(18-19-13)10-6-5-9(2)7-11(10)15/h5-7H,4,8,16H2,1-3H3. The quantitative estimate of drug-likeness (QED) is 0.936. The van der Waals surface area contributed by atoms with E-state index in [0.29, 0.717) is 18.3 Å². The molecular weight excluding hydrogens is 306 g/mol. The molecule has 1 unspecified atom stereocenters. The number of hydrogen-bond acceptors (Lipinski definition) is 4. The van der Waals surface area contributed by atoms with Crippen LogP contribution in [0.5, 0.6) is 0 Å². The second-order valence-electron chi connectivity index (χ2n) is 5.02. The van der Waals surface area contributed by atoms with Crippen LogP contribution in [0.3, 0.4) is 0 Å². The van der Waals surface area contributed by atoms with Crippen molar-refractivity contribution in [2.45, 2.75) is 32.6 Å². The Labute approximate surface area is 121 Å².